The van der Waals surface area contributed by atoms with Crippen molar-refractivity contribution in [2.24, 2.45) is 0 Å². The van der Waals surface area contributed by atoms with Gasteiger partial charge in [0.25, 0.3) is 0 Å². The minimum atomic E-state index is -1.04. The van der Waals surface area contributed by atoms with Gasteiger partial charge in [-0.1, -0.05) is 11.6 Å². The Kier molecular flexibility index (Phi) is 3.48. The van der Waals surface area contributed by atoms with E-state index in [1.165, 1.54) is 13.2 Å². The predicted octanol–water partition coefficient (Wildman–Crippen LogP) is 2.66. The molecule has 2 aromatic rings. The van der Waals surface area contributed by atoms with E-state index >= 15 is 0 Å². The van der Waals surface area contributed by atoms with E-state index in [2.05, 4.69) is 4.98 Å². The van der Waals surface area contributed by atoms with Crippen LogP contribution in [0.4, 0.5) is 5.82 Å². The lowest BCUT2D eigenvalue weighted by atomic mass is 10.1. The molecule has 0 unspecified atom stereocenters. The summed E-state index contributed by atoms with van der Waals surface area (Å²) in [7, 11) is 4.98. The topological polar surface area (TPSA) is 62.7 Å². The molecule has 6 heteroatoms. The number of aromatic carboxylic acids is 1. The number of aromatic nitrogens is 1. The number of hydrogen-bond acceptors (Lipinski definition) is 4. The monoisotopic (exact) mass is 280 g/mol. The second-order valence-electron chi connectivity index (χ2n) is 4.20. The van der Waals surface area contributed by atoms with E-state index in [9.17, 15) is 9.90 Å². The van der Waals surface area contributed by atoms with Crippen LogP contribution in [-0.4, -0.2) is 37.3 Å². The van der Waals surface area contributed by atoms with E-state index in [4.69, 9.17) is 16.3 Å². The first-order valence-electron chi connectivity index (χ1n) is 5.53. The number of methoxy groups -OCH3 is 1. The maximum atomic E-state index is 11.3. The van der Waals surface area contributed by atoms with Gasteiger partial charge in [0.1, 0.15) is 17.1 Å². The molecule has 100 valence electrons. The van der Waals surface area contributed by atoms with Crippen molar-refractivity contribution in [2.75, 3.05) is 26.1 Å². The third kappa shape index (κ3) is 2.29. The van der Waals surface area contributed by atoms with Gasteiger partial charge in [-0.15, -0.1) is 0 Å². The molecule has 0 bridgehead atoms. The molecule has 2 rings (SSSR count). The standard InChI is InChI=1S/C13H13ClN2O3/c1-16(2)12-8(13(17)18)6-7-10(19-3)5-4-9(14)11(7)15-12/h4-6H,1-3H3,(H,17,18). The van der Waals surface area contributed by atoms with Gasteiger partial charge in [-0.05, 0) is 18.2 Å². The van der Waals surface area contributed by atoms with Crippen molar-refractivity contribution < 1.29 is 14.6 Å². The summed E-state index contributed by atoms with van der Waals surface area (Å²) in [6, 6.07) is 4.90. The zero-order chi connectivity index (χ0) is 14.2. The molecule has 0 aliphatic carbocycles. The molecule has 1 heterocycles. The maximum Gasteiger partial charge on any atom is 0.339 e. The highest BCUT2D eigenvalue weighted by molar-refractivity contribution is 6.35. The van der Waals surface area contributed by atoms with Gasteiger partial charge in [-0.3, -0.25) is 0 Å². The molecule has 0 fully saturated rings. The summed E-state index contributed by atoms with van der Waals surface area (Å²) in [5.41, 5.74) is 0.632. The van der Waals surface area contributed by atoms with Crippen molar-refractivity contribution >= 4 is 34.3 Å². The Morgan fingerprint density at radius 2 is 2.11 bits per heavy atom. The van der Waals surface area contributed by atoms with Crippen molar-refractivity contribution in [3.05, 3.63) is 28.8 Å². The fourth-order valence-corrected chi connectivity index (χ4v) is 2.07. The number of rotatable bonds is 3. The Hall–Kier alpha value is -2.01. The third-order valence-electron chi connectivity index (χ3n) is 2.75. The van der Waals surface area contributed by atoms with Gasteiger partial charge in [0, 0.05) is 19.5 Å². The molecule has 0 saturated heterocycles. The van der Waals surface area contributed by atoms with Crippen LogP contribution in [0.3, 0.4) is 0 Å². The average Bonchev–Trinajstić information content (AvgIpc) is 2.37. The fraction of sp³-hybridized carbons (Fsp3) is 0.231. The molecule has 0 amide bonds. The summed E-state index contributed by atoms with van der Waals surface area (Å²) in [6.45, 7) is 0. The van der Waals surface area contributed by atoms with Crippen LogP contribution >= 0.6 is 11.6 Å². The highest BCUT2D eigenvalue weighted by atomic mass is 35.5. The number of pyridine rings is 1. The van der Waals surface area contributed by atoms with E-state index in [1.807, 2.05) is 0 Å². The quantitative estimate of drug-likeness (QED) is 0.936. The summed E-state index contributed by atoms with van der Waals surface area (Å²) >= 11 is 6.11. The van der Waals surface area contributed by atoms with Crippen LogP contribution in [0.5, 0.6) is 5.75 Å². The first-order chi connectivity index (χ1) is 8.95. The molecule has 5 nitrogen and oxygen atoms in total. The average molecular weight is 281 g/mol. The molecule has 0 radical (unpaired) electrons. The summed E-state index contributed by atoms with van der Waals surface area (Å²) in [4.78, 5) is 17.3. The molecule has 1 aromatic carbocycles. The van der Waals surface area contributed by atoms with Gasteiger partial charge in [-0.25, -0.2) is 9.78 Å². The lowest BCUT2D eigenvalue weighted by molar-refractivity contribution is 0.0697. The largest absolute Gasteiger partial charge is 0.496 e. The zero-order valence-electron chi connectivity index (χ0n) is 10.8. The second kappa shape index (κ2) is 4.93. The number of carbonyl (C=O) groups is 1. The van der Waals surface area contributed by atoms with Crippen LogP contribution in [0.2, 0.25) is 5.02 Å². The molecule has 0 spiro atoms. The van der Waals surface area contributed by atoms with Crippen molar-refractivity contribution in [2.45, 2.75) is 0 Å². The Morgan fingerprint density at radius 3 is 2.63 bits per heavy atom. The molecular weight excluding hydrogens is 268 g/mol. The summed E-state index contributed by atoms with van der Waals surface area (Å²) in [6.07, 6.45) is 0. The molecule has 19 heavy (non-hydrogen) atoms. The van der Waals surface area contributed by atoms with E-state index in [-0.39, 0.29) is 5.56 Å². The number of halogens is 1. The van der Waals surface area contributed by atoms with E-state index in [0.29, 0.717) is 27.5 Å². The molecule has 0 aliphatic rings. The lowest BCUT2D eigenvalue weighted by Crippen LogP contribution is -2.16. The number of benzene rings is 1. The number of carboxylic acid groups (broad SMARTS) is 1. The summed E-state index contributed by atoms with van der Waals surface area (Å²) < 4.78 is 5.21. The van der Waals surface area contributed by atoms with Crippen LogP contribution in [-0.2, 0) is 0 Å². The Balaban J connectivity index is 2.88. The highest BCUT2D eigenvalue weighted by Crippen LogP contribution is 2.33. The Bertz CT molecular complexity index is 656. The molecular formula is C13H13ClN2O3. The molecule has 1 N–H and O–H groups in total. The highest BCUT2D eigenvalue weighted by Gasteiger charge is 2.18. The number of anilines is 1. The number of ether oxygens (including phenoxy) is 1. The Morgan fingerprint density at radius 1 is 1.42 bits per heavy atom. The number of nitrogens with zero attached hydrogens (tertiary/aromatic N) is 2. The van der Waals surface area contributed by atoms with Crippen LogP contribution in [0.25, 0.3) is 10.9 Å². The zero-order valence-corrected chi connectivity index (χ0v) is 11.5. The van der Waals surface area contributed by atoms with Crippen molar-refractivity contribution in [3.63, 3.8) is 0 Å². The summed E-state index contributed by atoms with van der Waals surface area (Å²) in [5.74, 6) is -0.144. The minimum absolute atomic E-state index is 0.109. The first kappa shape index (κ1) is 13.4. The van der Waals surface area contributed by atoms with Crippen molar-refractivity contribution in [3.8, 4) is 5.75 Å². The smallest absolute Gasteiger partial charge is 0.339 e. The van der Waals surface area contributed by atoms with Gasteiger partial charge in [0.05, 0.1) is 17.6 Å². The van der Waals surface area contributed by atoms with Crippen molar-refractivity contribution in [1.82, 2.24) is 4.98 Å². The van der Waals surface area contributed by atoms with Crippen LogP contribution in [0.1, 0.15) is 10.4 Å². The van der Waals surface area contributed by atoms with Gasteiger partial charge in [0.2, 0.25) is 0 Å². The van der Waals surface area contributed by atoms with Crippen LogP contribution in [0, 0.1) is 0 Å². The molecule has 0 aliphatic heterocycles. The normalized spacial score (nSPS) is 10.5. The third-order valence-corrected chi connectivity index (χ3v) is 3.05. The number of fused-ring (bicyclic) bond motifs is 1. The SMILES string of the molecule is COc1ccc(Cl)c2nc(N(C)C)c(C(=O)O)cc12. The van der Waals surface area contributed by atoms with Gasteiger partial charge < -0.3 is 14.7 Å². The lowest BCUT2D eigenvalue weighted by Gasteiger charge is -2.16. The van der Waals surface area contributed by atoms with Gasteiger partial charge in [0.15, 0.2) is 0 Å². The Labute approximate surface area is 115 Å². The minimum Gasteiger partial charge on any atom is -0.496 e. The van der Waals surface area contributed by atoms with Crippen LogP contribution in [0.15, 0.2) is 18.2 Å². The van der Waals surface area contributed by atoms with E-state index in [1.54, 1.807) is 31.1 Å². The fourth-order valence-electron chi connectivity index (χ4n) is 1.87. The van der Waals surface area contributed by atoms with Gasteiger partial charge in [-0.2, -0.15) is 0 Å². The van der Waals surface area contributed by atoms with Crippen molar-refractivity contribution in [1.29, 1.82) is 0 Å². The number of carboxylic acids is 1. The molecule has 0 atom stereocenters. The van der Waals surface area contributed by atoms with Gasteiger partial charge >= 0.3 is 5.97 Å². The van der Waals surface area contributed by atoms with Crippen LogP contribution < -0.4 is 9.64 Å². The van der Waals surface area contributed by atoms with E-state index in [0.717, 1.165) is 0 Å². The second-order valence-corrected chi connectivity index (χ2v) is 4.61. The van der Waals surface area contributed by atoms with E-state index < -0.39 is 5.97 Å². The number of hydrogen-bond donors (Lipinski definition) is 1. The molecule has 1 aromatic heterocycles. The summed E-state index contributed by atoms with van der Waals surface area (Å²) in [5, 5.41) is 10.3. The molecule has 0 saturated carbocycles. The predicted molar refractivity (Wildman–Crippen MR) is 74.6 cm³/mol. The first-order valence-corrected chi connectivity index (χ1v) is 5.91. The maximum absolute atomic E-state index is 11.3.